The van der Waals surface area contributed by atoms with Crippen LogP contribution in [0.25, 0.3) is 12.2 Å². The van der Waals surface area contributed by atoms with E-state index in [2.05, 4.69) is 0 Å². The van der Waals surface area contributed by atoms with Gasteiger partial charge in [0.2, 0.25) is 0 Å². The Morgan fingerprint density at radius 3 is 1.63 bits per heavy atom. The molecule has 1 atom stereocenters. The van der Waals surface area contributed by atoms with Crippen molar-refractivity contribution in [3.8, 4) is 35.1 Å². The Balaban J connectivity index is 2.12. The molecule has 0 heterocycles. The maximum atomic E-state index is 12.3. The number of nitrogens with zero attached hydrogens (tertiary/aromatic N) is 2. The predicted octanol–water partition coefficient (Wildman–Crippen LogP) is 7.15. The van der Waals surface area contributed by atoms with E-state index in [4.69, 9.17) is 18.9 Å². The monoisotopic (exact) mass is 584 g/mol. The van der Waals surface area contributed by atoms with Gasteiger partial charge < -0.3 is 18.9 Å². The summed E-state index contributed by atoms with van der Waals surface area (Å²) in [5.41, 5.74) is 1.52. The molecule has 0 aliphatic heterocycles. The molecule has 0 aliphatic carbocycles. The molecule has 8 heteroatoms. The van der Waals surface area contributed by atoms with Crippen LogP contribution in [-0.4, -0.2) is 37.5 Å². The molecular formula is C35H40N2O6. The molecule has 43 heavy (non-hydrogen) atoms. The summed E-state index contributed by atoms with van der Waals surface area (Å²) in [7, 11) is 0. The van der Waals surface area contributed by atoms with Gasteiger partial charge in [-0.25, -0.2) is 0 Å². The van der Waals surface area contributed by atoms with E-state index < -0.39 is 0 Å². The molecule has 0 saturated heterocycles. The zero-order valence-corrected chi connectivity index (χ0v) is 26.0. The number of ketones is 2. The smallest absolute Gasteiger partial charge is 0.175 e. The van der Waals surface area contributed by atoms with Gasteiger partial charge in [-0.3, -0.25) is 9.59 Å². The highest BCUT2D eigenvalue weighted by molar-refractivity contribution is 6.04. The van der Waals surface area contributed by atoms with Crippen LogP contribution in [0.15, 0.2) is 59.7 Å². The minimum Gasteiger partial charge on any atom is -0.490 e. The SMILES string of the molecule is CCOc1cc(C=C(C#N)C(=O)C(C)C)ccc1OCC=CC(C)Oc1ccc(C=C(C#N)C(=O)C(C)C)cc1OCC. The van der Waals surface area contributed by atoms with Gasteiger partial charge >= 0.3 is 0 Å². The molecule has 0 fully saturated rings. The van der Waals surface area contributed by atoms with Crippen molar-refractivity contribution < 1.29 is 28.5 Å². The van der Waals surface area contributed by atoms with Gasteiger partial charge in [0.15, 0.2) is 34.6 Å². The third-order valence-electron chi connectivity index (χ3n) is 6.03. The van der Waals surface area contributed by atoms with Crippen molar-refractivity contribution in [3.05, 3.63) is 70.8 Å². The largest absolute Gasteiger partial charge is 0.490 e. The van der Waals surface area contributed by atoms with E-state index >= 15 is 0 Å². The number of nitriles is 2. The number of hydrogen-bond donors (Lipinski definition) is 0. The van der Waals surface area contributed by atoms with Crippen molar-refractivity contribution in [2.75, 3.05) is 19.8 Å². The molecule has 2 aromatic carbocycles. The van der Waals surface area contributed by atoms with Crippen molar-refractivity contribution in [1.82, 2.24) is 0 Å². The first-order valence-electron chi connectivity index (χ1n) is 14.4. The molecule has 8 nitrogen and oxygen atoms in total. The highest BCUT2D eigenvalue weighted by Crippen LogP contribution is 2.31. The van der Waals surface area contributed by atoms with Crippen LogP contribution in [0.5, 0.6) is 23.0 Å². The molecule has 0 amide bonds. The Morgan fingerprint density at radius 2 is 1.19 bits per heavy atom. The normalized spacial score (nSPS) is 12.5. The van der Waals surface area contributed by atoms with Crippen LogP contribution in [0.3, 0.4) is 0 Å². The summed E-state index contributed by atoms with van der Waals surface area (Å²) in [5.74, 6) is 1.10. The Bertz CT molecular complexity index is 1450. The predicted molar refractivity (Wildman–Crippen MR) is 167 cm³/mol. The van der Waals surface area contributed by atoms with E-state index in [1.54, 1.807) is 76.2 Å². The average Bonchev–Trinajstić information content (AvgIpc) is 2.98. The third-order valence-corrected chi connectivity index (χ3v) is 6.03. The van der Waals surface area contributed by atoms with Crippen molar-refractivity contribution >= 4 is 23.7 Å². The number of carbonyl (C=O) groups excluding carboxylic acids is 2. The van der Waals surface area contributed by atoms with Crippen LogP contribution in [0, 0.1) is 34.5 Å². The van der Waals surface area contributed by atoms with Gasteiger partial charge in [0, 0.05) is 11.8 Å². The molecule has 0 spiro atoms. The summed E-state index contributed by atoms with van der Waals surface area (Å²) in [4.78, 5) is 24.5. The summed E-state index contributed by atoms with van der Waals surface area (Å²) < 4.78 is 23.5. The van der Waals surface area contributed by atoms with Crippen LogP contribution < -0.4 is 18.9 Å². The van der Waals surface area contributed by atoms with Crippen molar-refractivity contribution in [1.29, 1.82) is 10.5 Å². The minimum atomic E-state index is -0.317. The number of allylic oxidation sites excluding steroid dienone is 2. The summed E-state index contributed by atoms with van der Waals surface area (Å²) in [5, 5.41) is 18.8. The van der Waals surface area contributed by atoms with E-state index in [0.29, 0.717) is 47.3 Å². The number of ether oxygens (including phenoxy) is 4. The first-order valence-corrected chi connectivity index (χ1v) is 14.4. The molecule has 1 unspecified atom stereocenters. The first kappa shape index (κ1) is 34.4. The molecule has 2 aromatic rings. The van der Waals surface area contributed by atoms with Gasteiger partial charge in [-0.15, -0.1) is 0 Å². The fourth-order valence-corrected chi connectivity index (χ4v) is 3.88. The molecule has 2 rings (SSSR count). The Labute approximate surface area is 254 Å². The zero-order valence-electron chi connectivity index (χ0n) is 26.0. The van der Waals surface area contributed by atoms with Gasteiger partial charge in [0.1, 0.15) is 24.8 Å². The van der Waals surface area contributed by atoms with Crippen molar-refractivity contribution in [3.63, 3.8) is 0 Å². The first-order chi connectivity index (χ1) is 20.5. The maximum absolute atomic E-state index is 12.3. The van der Waals surface area contributed by atoms with E-state index in [1.165, 1.54) is 0 Å². The number of Topliss-reactive ketones (excluding diaryl/α,β-unsaturated/α-hetero) is 2. The molecule has 0 radical (unpaired) electrons. The minimum absolute atomic E-state index is 0.0918. The Hall–Kier alpha value is -4.82. The maximum Gasteiger partial charge on any atom is 0.175 e. The summed E-state index contributed by atoms with van der Waals surface area (Å²) in [6.07, 6.45) is 6.48. The van der Waals surface area contributed by atoms with Gasteiger partial charge in [-0.2, -0.15) is 10.5 Å². The lowest BCUT2D eigenvalue weighted by atomic mass is 10.00. The standard InChI is InChI=1S/C35H40N2O6/c1-8-40-32-19-26(17-28(21-36)34(38)23(3)4)12-14-30(32)42-16-10-11-25(7)43-31-15-13-27(20-33(31)41-9-2)18-29(22-37)35(39)24(5)6/h10-15,17-20,23-25H,8-9,16H2,1-7H3. The molecule has 0 bridgehead atoms. The lowest BCUT2D eigenvalue weighted by Gasteiger charge is -2.16. The van der Waals surface area contributed by atoms with E-state index in [-0.39, 0.29) is 47.3 Å². The van der Waals surface area contributed by atoms with Crippen molar-refractivity contribution in [2.24, 2.45) is 11.8 Å². The molecule has 0 aromatic heterocycles. The van der Waals surface area contributed by atoms with E-state index in [9.17, 15) is 20.1 Å². The second kappa shape index (κ2) is 17.2. The van der Waals surface area contributed by atoms with Crippen LogP contribution in [-0.2, 0) is 9.59 Å². The zero-order chi connectivity index (χ0) is 31.9. The Morgan fingerprint density at radius 1 is 0.721 bits per heavy atom. The topological polar surface area (TPSA) is 119 Å². The van der Waals surface area contributed by atoms with E-state index in [0.717, 1.165) is 0 Å². The second-order valence-corrected chi connectivity index (χ2v) is 10.2. The number of carbonyl (C=O) groups is 2. The molecule has 0 aliphatic rings. The van der Waals surface area contributed by atoms with Crippen LogP contribution in [0.2, 0.25) is 0 Å². The number of hydrogen-bond acceptors (Lipinski definition) is 8. The highest BCUT2D eigenvalue weighted by Gasteiger charge is 2.16. The summed E-state index contributed by atoms with van der Waals surface area (Å²) in [6, 6.07) is 14.5. The molecule has 0 saturated carbocycles. The van der Waals surface area contributed by atoms with Gasteiger partial charge in [0.25, 0.3) is 0 Å². The average molecular weight is 585 g/mol. The van der Waals surface area contributed by atoms with E-state index in [1.807, 2.05) is 45.1 Å². The van der Waals surface area contributed by atoms with Gasteiger partial charge in [-0.05, 0) is 80.5 Å². The summed E-state index contributed by atoms with van der Waals surface area (Å²) >= 11 is 0. The Kier molecular flexibility index (Phi) is 13.8. The lowest BCUT2D eigenvalue weighted by Crippen LogP contribution is -2.10. The molecule has 226 valence electrons. The van der Waals surface area contributed by atoms with Crippen molar-refractivity contribution in [2.45, 2.75) is 54.6 Å². The number of benzene rings is 2. The van der Waals surface area contributed by atoms with Gasteiger partial charge in [0.05, 0.1) is 24.4 Å². The lowest BCUT2D eigenvalue weighted by molar-refractivity contribution is -0.118. The molecule has 0 N–H and O–H groups in total. The number of rotatable bonds is 16. The van der Waals surface area contributed by atoms with Crippen LogP contribution in [0.4, 0.5) is 0 Å². The fourth-order valence-electron chi connectivity index (χ4n) is 3.88. The second-order valence-electron chi connectivity index (χ2n) is 10.2. The van der Waals surface area contributed by atoms with Gasteiger partial charge in [-0.1, -0.05) is 39.8 Å². The van der Waals surface area contributed by atoms with Crippen LogP contribution in [0.1, 0.15) is 59.6 Å². The molecular weight excluding hydrogens is 544 g/mol. The summed E-state index contributed by atoms with van der Waals surface area (Å²) in [6.45, 7) is 13.7. The highest BCUT2D eigenvalue weighted by atomic mass is 16.5. The third kappa shape index (κ3) is 10.5. The fraction of sp³-hybridized carbons (Fsp3) is 0.371. The quantitative estimate of drug-likeness (QED) is 0.116. The van der Waals surface area contributed by atoms with Crippen LogP contribution >= 0.6 is 0 Å².